The number of nitriles is 1. The molecule has 9 heteroatoms. The molecule has 33 heavy (non-hydrogen) atoms. The van der Waals surface area contributed by atoms with E-state index < -0.39 is 0 Å². The van der Waals surface area contributed by atoms with Crippen molar-refractivity contribution in [1.29, 1.82) is 5.26 Å². The van der Waals surface area contributed by atoms with Gasteiger partial charge in [-0.25, -0.2) is 10.1 Å². The second-order valence-electron chi connectivity index (χ2n) is 8.74. The first-order chi connectivity index (χ1) is 15.5. The predicted molar refractivity (Wildman–Crippen MR) is 133 cm³/mol. The maximum absolute atomic E-state index is 9.57. The number of halogens is 2. The van der Waals surface area contributed by atoms with Gasteiger partial charge in [-0.05, 0) is 55.4 Å². The minimum absolute atomic E-state index is 0.0986. The lowest BCUT2D eigenvalue weighted by Gasteiger charge is -2.35. The number of fused-ring (bicyclic) bond motifs is 1. The first-order valence-electron chi connectivity index (χ1n) is 10.8. The molecule has 0 fully saturated rings. The molecule has 0 aromatic carbocycles. The Balaban J connectivity index is 2.08. The fraction of sp³-hybridized carbons (Fsp3) is 0.417. The first kappa shape index (κ1) is 24.8. The minimum Gasteiger partial charge on any atom is -0.347 e. The molecule has 0 aliphatic carbocycles. The number of anilines is 1. The van der Waals surface area contributed by atoms with Crippen molar-refractivity contribution in [2.75, 3.05) is 11.9 Å². The minimum atomic E-state index is 0.0986. The third kappa shape index (κ3) is 5.23. The van der Waals surface area contributed by atoms with E-state index in [0.717, 1.165) is 22.7 Å². The van der Waals surface area contributed by atoms with E-state index in [0.29, 0.717) is 28.6 Å². The number of pyridine rings is 2. The zero-order valence-electron chi connectivity index (χ0n) is 20.1. The van der Waals surface area contributed by atoms with Crippen molar-refractivity contribution in [2.24, 2.45) is 7.05 Å². The second kappa shape index (κ2) is 9.98. The van der Waals surface area contributed by atoms with Crippen LogP contribution in [0.3, 0.4) is 0 Å². The molecule has 0 saturated carbocycles. The maximum atomic E-state index is 9.57. The number of nitrogens with one attached hydrogen (secondary N) is 1. The summed E-state index contributed by atoms with van der Waals surface area (Å²) in [6.07, 6.45) is 1.53. The van der Waals surface area contributed by atoms with Crippen molar-refractivity contribution in [3.05, 3.63) is 57.4 Å². The van der Waals surface area contributed by atoms with Gasteiger partial charge in [-0.1, -0.05) is 37.0 Å². The zero-order chi connectivity index (χ0) is 24.4. The highest BCUT2D eigenvalue weighted by molar-refractivity contribution is 6.32. The Kier molecular flexibility index (Phi) is 7.51. The van der Waals surface area contributed by atoms with Crippen LogP contribution >= 0.6 is 23.2 Å². The van der Waals surface area contributed by atoms with Gasteiger partial charge in [0.05, 0.1) is 29.8 Å². The number of allylic oxidation sites excluding steroid dienone is 1. The SMILES string of the molecule is Cc1[nH][n+](C)c2nc(CN(/C(=C/C#N)N(C)c3cc(Cl)nc(Cl)c3)C(C)C)cc(C(C)C)c12. The van der Waals surface area contributed by atoms with Crippen LogP contribution in [-0.2, 0) is 13.6 Å². The third-order valence-corrected chi connectivity index (χ3v) is 6.04. The molecule has 0 spiro atoms. The molecule has 3 heterocycles. The Morgan fingerprint density at radius 3 is 2.36 bits per heavy atom. The van der Waals surface area contributed by atoms with Gasteiger partial charge in [-0.2, -0.15) is 9.94 Å². The highest BCUT2D eigenvalue weighted by atomic mass is 35.5. The normalized spacial score (nSPS) is 12.0. The Morgan fingerprint density at radius 2 is 1.82 bits per heavy atom. The quantitative estimate of drug-likeness (QED) is 0.281. The van der Waals surface area contributed by atoms with E-state index in [2.05, 4.69) is 61.7 Å². The van der Waals surface area contributed by atoms with Crippen molar-refractivity contribution >= 4 is 39.9 Å². The second-order valence-corrected chi connectivity index (χ2v) is 9.51. The van der Waals surface area contributed by atoms with Crippen LogP contribution in [0.1, 0.15) is 50.6 Å². The molecule has 0 unspecified atom stereocenters. The molecular formula is C24H30Cl2N7+. The lowest BCUT2D eigenvalue weighted by atomic mass is 9.98. The summed E-state index contributed by atoms with van der Waals surface area (Å²) in [5.41, 5.74) is 4.94. The summed E-state index contributed by atoms with van der Waals surface area (Å²) in [5.74, 6) is 1.06. The van der Waals surface area contributed by atoms with Gasteiger partial charge in [0.25, 0.3) is 0 Å². The van der Waals surface area contributed by atoms with Gasteiger partial charge in [0.2, 0.25) is 0 Å². The van der Waals surface area contributed by atoms with Crippen molar-refractivity contribution in [2.45, 2.75) is 53.1 Å². The molecule has 0 aliphatic rings. The monoisotopic (exact) mass is 486 g/mol. The Morgan fingerprint density at radius 1 is 1.18 bits per heavy atom. The molecule has 0 aliphatic heterocycles. The van der Waals surface area contributed by atoms with Crippen molar-refractivity contribution in [1.82, 2.24) is 20.0 Å². The largest absolute Gasteiger partial charge is 0.350 e. The van der Waals surface area contributed by atoms with Crippen LogP contribution in [-0.4, -0.2) is 33.1 Å². The number of aryl methyl sites for hydroxylation is 2. The number of rotatable bonds is 7. The standard InChI is InChI=1S/C24H29Cl2N7/c1-14(2)19-10-17(28-24-23(19)16(5)30-32(24)7)13-33(15(3)4)22(8-9-27)31(6)18-11-20(25)29-21(26)12-18/h8,10-12,14-15H,13H2,1-7H3/p+1/b22-8+. The summed E-state index contributed by atoms with van der Waals surface area (Å²) >= 11 is 12.3. The Labute approximate surface area is 205 Å². The van der Waals surface area contributed by atoms with Crippen molar-refractivity contribution in [3.8, 4) is 6.07 Å². The number of aromatic nitrogens is 4. The van der Waals surface area contributed by atoms with Gasteiger partial charge in [0.15, 0.2) is 5.69 Å². The van der Waals surface area contributed by atoms with Crippen LogP contribution in [0.5, 0.6) is 0 Å². The molecular weight excluding hydrogens is 457 g/mol. The summed E-state index contributed by atoms with van der Waals surface area (Å²) in [7, 11) is 3.86. The molecule has 3 aromatic heterocycles. The lowest BCUT2D eigenvalue weighted by molar-refractivity contribution is -0.705. The van der Waals surface area contributed by atoms with Crippen LogP contribution in [0.2, 0.25) is 10.3 Å². The summed E-state index contributed by atoms with van der Waals surface area (Å²) in [5, 5.41) is 14.7. The summed E-state index contributed by atoms with van der Waals surface area (Å²) < 4.78 is 1.96. The molecule has 0 atom stereocenters. The fourth-order valence-electron chi connectivity index (χ4n) is 4.04. The maximum Gasteiger partial charge on any atom is 0.350 e. The number of nitrogens with zero attached hydrogens (tertiary/aromatic N) is 6. The van der Waals surface area contributed by atoms with Gasteiger partial charge in [0.1, 0.15) is 23.2 Å². The molecule has 3 aromatic rings. The fourth-order valence-corrected chi connectivity index (χ4v) is 4.49. The number of hydrogen-bond acceptors (Lipinski definition) is 5. The first-order valence-corrected chi connectivity index (χ1v) is 11.6. The van der Waals surface area contributed by atoms with E-state index >= 15 is 0 Å². The van der Waals surface area contributed by atoms with Crippen molar-refractivity contribution in [3.63, 3.8) is 0 Å². The smallest absolute Gasteiger partial charge is 0.347 e. The molecule has 174 valence electrons. The summed E-state index contributed by atoms with van der Waals surface area (Å²) in [4.78, 5) is 13.0. The molecule has 0 bridgehead atoms. The molecule has 1 N–H and O–H groups in total. The van der Waals surface area contributed by atoms with Gasteiger partial charge in [-0.15, -0.1) is 0 Å². The molecule has 7 nitrogen and oxygen atoms in total. The van der Waals surface area contributed by atoms with Gasteiger partial charge >= 0.3 is 5.65 Å². The van der Waals surface area contributed by atoms with E-state index in [1.54, 1.807) is 12.1 Å². The van der Waals surface area contributed by atoms with Crippen LogP contribution in [0.15, 0.2) is 30.1 Å². The highest BCUT2D eigenvalue weighted by Gasteiger charge is 2.26. The van der Waals surface area contributed by atoms with E-state index in [1.165, 1.54) is 17.0 Å². The Hall–Kier alpha value is -2.82. The topological polar surface area (TPSA) is 75.7 Å². The average molecular weight is 487 g/mol. The van der Waals surface area contributed by atoms with Crippen LogP contribution in [0.4, 0.5) is 5.69 Å². The van der Waals surface area contributed by atoms with Crippen LogP contribution in [0, 0.1) is 18.3 Å². The summed E-state index contributed by atoms with van der Waals surface area (Å²) in [6, 6.07) is 7.90. The third-order valence-electron chi connectivity index (χ3n) is 5.66. The highest BCUT2D eigenvalue weighted by Crippen LogP contribution is 2.29. The van der Waals surface area contributed by atoms with E-state index in [-0.39, 0.29) is 6.04 Å². The van der Waals surface area contributed by atoms with Crippen molar-refractivity contribution < 1.29 is 4.68 Å². The van der Waals surface area contributed by atoms with Gasteiger partial charge in [0, 0.05) is 18.8 Å². The van der Waals surface area contributed by atoms with Crippen LogP contribution < -0.4 is 9.58 Å². The van der Waals surface area contributed by atoms with Gasteiger partial charge in [-0.3, -0.25) is 0 Å². The van der Waals surface area contributed by atoms with E-state index in [1.807, 2.05) is 23.7 Å². The lowest BCUT2D eigenvalue weighted by Crippen LogP contribution is -2.38. The molecule has 0 amide bonds. The molecule has 0 radical (unpaired) electrons. The zero-order valence-corrected chi connectivity index (χ0v) is 21.6. The van der Waals surface area contributed by atoms with Gasteiger partial charge < -0.3 is 9.80 Å². The predicted octanol–water partition coefficient (Wildman–Crippen LogP) is 5.23. The van der Waals surface area contributed by atoms with E-state index in [4.69, 9.17) is 28.2 Å². The Bertz CT molecular complexity index is 1220. The molecule has 0 saturated heterocycles. The average Bonchev–Trinajstić information content (AvgIpc) is 3.02. The number of H-pyrrole nitrogens is 1. The van der Waals surface area contributed by atoms with Crippen LogP contribution in [0.25, 0.3) is 11.0 Å². The van der Waals surface area contributed by atoms with E-state index in [9.17, 15) is 5.26 Å². The molecule has 3 rings (SSSR count). The number of hydrogen-bond donors (Lipinski definition) is 1. The number of aromatic amines is 1. The summed E-state index contributed by atoms with van der Waals surface area (Å²) in [6.45, 7) is 11.2.